The molecule has 2 unspecified atom stereocenters. The fourth-order valence-corrected chi connectivity index (χ4v) is 6.41. The predicted molar refractivity (Wildman–Crippen MR) is 145 cm³/mol. The molecule has 4 fully saturated rings. The van der Waals surface area contributed by atoms with Crippen LogP contribution in [0.4, 0.5) is 17.6 Å². The minimum Gasteiger partial charge on any atom is -0.490 e. The summed E-state index contributed by atoms with van der Waals surface area (Å²) in [7, 11) is 0. The lowest BCUT2D eigenvalue weighted by molar-refractivity contribution is -0.274. The third-order valence-corrected chi connectivity index (χ3v) is 8.70. The van der Waals surface area contributed by atoms with Gasteiger partial charge < -0.3 is 24.2 Å². The van der Waals surface area contributed by atoms with E-state index >= 15 is 4.39 Å². The van der Waals surface area contributed by atoms with Gasteiger partial charge in [-0.25, -0.2) is 4.39 Å². The van der Waals surface area contributed by atoms with Gasteiger partial charge in [0.2, 0.25) is 0 Å². The molecule has 1 aliphatic carbocycles. The summed E-state index contributed by atoms with van der Waals surface area (Å²) >= 11 is 5.97. The van der Waals surface area contributed by atoms with Crippen LogP contribution in [-0.4, -0.2) is 71.3 Å². The van der Waals surface area contributed by atoms with Crippen molar-refractivity contribution in [2.24, 2.45) is 0 Å². The number of alkyl halides is 3. The summed E-state index contributed by atoms with van der Waals surface area (Å²) in [5, 5.41) is 9.62. The van der Waals surface area contributed by atoms with Crippen LogP contribution in [0.2, 0.25) is 5.02 Å². The first kappa shape index (κ1) is 29.5. The number of carbonyl (C=O) groups is 1. The Morgan fingerprint density at radius 3 is 2.40 bits per heavy atom. The fraction of sp³-hybridized carbons (Fsp3) is 0.567. The minimum atomic E-state index is -4.83. The Kier molecular flexibility index (Phi) is 8.30. The van der Waals surface area contributed by atoms with E-state index in [-0.39, 0.29) is 40.5 Å². The smallest absolute Gasteiger partial charge is 0.490 e. The van der Waals surface area contributed by atoms with Crippen LogP contribution in [0.5, 0.6) is 11.5 Å². The summed E-state index contributed by atoms with van der Waals surface area (Å²) in [5.74, 6) is -0.742. The van der Waals surface area contributed by atoms with E-state index in [2.05, 4.69) is 9.64 Å². The molecule has 2 aromatic rings. The molecule has 1 N–H and O–H groups in total. The maximum Gasteiger partial charge on any atom is 0.573 e. The van der Waals surface area contributed by atoms with Gasteiger partial charge in [-0.1, -0.05) is 11.6 Å². The van der Waals surface area contributed by atoms with Gasteiger partial charge in [-0.2, -0.15) is 0 Å². The summed E-state index contributed by atoms with van der Waals surface area (Å²) in [4.78, 5) is 17.4. The minimum absolute atomic E-state index is 0.0673. The lowest BCUT2D eigenvalue weighted by Gasteiger charge is -2.33. The number of ether oxygens (including phenoxy) is 3. The molecule has 2 aromatic carbocycles. The van der Waals surface area contributed by atoms with E-state index in [0.29, 0.717) is 51.4 Å². The van der Waals surface area contributed by atoms with Crippen LogP contribution in [-0.2, 0) is 11.3 Å². The van der Waals surface area contributed by atoms with Gasteiger partial charge in [-0.15, -0.1) is 13.2 Å². The van der Waals surface area contributed by atoms with E-state index < -0.39 is 24.2 Å². The van der Waals surface area contributed by atoms with E-state index in [1.54, 1.807) is 11.0 Å². The van der Waals surface area contributed by atoms with E-state index in [1.807, 2.05) is 0 Å². The van der Waals surface area contributed by atoms with Crippen LogP contribution in [0.15, 0.2) is 30.3 Å². The molecule has 3 heterocycles. The van der Waals surface area contributed by atoms with Crippen molar-refractivity contribution in [3.05, 3.63) is 57.9 Å². The first-order valence-electron chi connectivity index (χ1n) is 14.4. The summed E-state index contributed by atoms with van der Waals surface area (Å²) < 4.78 is 68.4. The van der Waals surface area contributed by atoms with Crippen LogP contribution in [0.1, 0.15) is 72.3 Å². The normalized spacial score (nSPS) is 25.1. The van der Waals surface area contributed by atoms with E-state index in [9.17, 15) is 23.1 Å². The van der Waals surface area contributed by atoms with Crippen molar-refractivity contribution in [2.75, 3.05) is 19.6 Å². The second kappa shape index (κ2) is 11.8. The zero-order valence-corrected chi connectivity index (χ0v) is 23.7. The van der Waals surface area contributed by atoms with Crippen LogP contribution < -0.4 is 9.47 Å². The Hall–Kier alpha value is -2.60. The molecule has 0 aromatic heterocycles. The van der Waals surface area contributed by atoms with Crippen molar-refractivity contribution in [3.8, 4) is 11.5 Å². The average Bonchev–Trinajstić information content (AvgIpc) is 3.82. The van der Waals surface area contributed by atoms with Gasteiger partial charge in [0.1, 0.15) is 29.5 Å². The fourth-order valence-electron chi connectivity index (χ4n) is 6.20. The number of epoxide rings is 1. The molecule has 3 aliphatic heterocycles. The first-order chi connectivity index (χ1) is 20.0. The summed E-state index contributed by atoms with van der Waals surface area (Å²) in [5.41, 5.74) is 2.00. The Labute approximate surface area is 246 Å². The number of hydrogen-bond donors (Lipinski definition) is 1. The highest BCUT2D eigenvalue weighted by atomic mass is 35.5. The zero-order valence-electron chi connectivity index (χ0n) is 22.9. The van der Waals surface area contributed by atoms with Gasteiger partial charge in [-0.3, -0.25) is 9.69 Å². The first-order valence-corrected chi connectivity index (χ1v) is 14.8. The van der Waals surface area contributed by atoms with Crippen LogP contribution in [0, 0.1) is 5.82 Å². The summed E-state index contributed by atoms with van der Waals surface area (Å²) in [6, 6.07) is 6.90. The third kappa shape index (κ3) is 7.12. The van der Waals surface area contributed by atoms with Crippen molar-refractivity contribution in [1.82, 2.24) is 9.80 Å². The van der Waals surface area contributed by atoms with Gasteiger partial charge in [0.15, 0.2) is 6.29 Å². The molecule has 0 spiro atoms. The number of nitrogens with zero attached hydrogens (tertiary/aromatic N) is 2. The molecule has 12 heteroatoms. The lowest BCUT2D eigenvalue weighted by atomic mass is 9.97. The van der Waals surface area contributed by atoms with Crippen molar-refractivity contribution < 1.29 is 41.7 Å². The number of halogens is 5. The molecule has 7 nitrogen and oxygen atoms in total. The number of rotatable bonds is 9. The molecule has 1 saturated carbocycles. The molecular weight excluding hydrogens is 580 g/mol. The van der Waals surface area contributed by atoms with E-state index in [0.717, 1.165) is 42.9 Å². The quantitative estimate of drug-likeness (QED) is 0.276. The van der Waals surface area contributed by atoms with Gasteiger partial charge >= 0.3 is 6.36 Å². The molecule has 1 amide bonds. The van der Waals surface area contributed by atoms with Gasteiger partial charge in [0, 0.05) is 43.3 Å². The largest absolute Gasteiger partial charge is 0.573 e. The van der Waals surface area contributed by atoms with Crippen molar-refractivity contribution in [3.63, 3.8) is 0 Å². The third-order valence-electron chi connectivity index (χ3n) is 8.48. The van der Waals surface area contributed by atoms with Crippen LogP contribution in [0.25, 0.3) is 0 Å². The number of hydrogen-bond acceptors (Lipinski definition) is 6. The monoisotopic (exact) mass is 612 g/mol. The summed E-state index contributed by atoms with van der Waals surface area (Å²) in [6.07, 6.45) is -0.570. The van der Waals surface area contributed by atoms with Gasteiger partial charge in [-0.05, 0) is 86.3 Å². The molecule has 0 radical (unpaired) electrons. The van der Waals surface area contributed by atoms with Gasteiger partial charge in [0.25, 0.3) is 5.91 Å². The number of aliphatic hydroxyl groups excluding tert-OH is 1. The highest BCUT2D eigenvalue weighted by Crippen LogP contribution is 2.43. The second-order valence-electron chi connectivity index (χ2n) is 11.7. The average molecular weight is 613 g/mol. The standard InChI is InChI=1S/C30H33ClF4N2O5/c31-19-11-22(14-23(12-19)42-30(33,34)35)40-21-5-8-36(9-6-21)16-18-10-26(32)25(15-24(18)17-3-4-17)28(38)37-7-1-2-20(37)13-27-29(39)41-27/h10-12,14-15,17,20-21,27,29,39H,1-9,13,16H2/t20-,27?,29?/m0/s1. The molecular formula is C30H33ClF4N2O5. The molecule has 42 heavy (non-hydrogen) atoms. The molecule has 3 saturated heterocycles. The topological polar surface area (TPSA) is 74.8 Å². The van der Waals surface area contributed by atoms with Crippen molar-refractivity contribution in [2.45, 2.75) is 88.3 Å². The number of aliphatic hydroxyl groups is 1. The maximum atomic E-state index is 15.5. The number of likely N-dealkylation sites (tertiary alicyclic amines) is 2. The molecule has 6 rings (SSSR count). The highest BCUT2D eigenvalue weighted by molar-refractivity contribution is 6.30. The van der Waals surface area contributed by atoms with E-state index in [4.69, 9.17) is 21.1 Å². The number of carbonyl (C=O) groups excluding carboxylic acids is 1. The SMILES string of the molecule is O=C(c1cc(C2CC2)c(CN2CCC(Oc3cc(Cl)cc(OC(F)(F)F)c3)CC2)cc1F)N1CCC[C@H]1CC1OC1O. The Bertz CT molecular complexity index is 1320. The molecule has 4 aliphatic rings. The predicted octanol–water partition coefficient (Wildman–Crippen LogP) is 6.01. The maximum absolute atomic E-state index is 15.5. The van der Waals surface area contributed by atoms with Gasteiger partial charge in [0.05, 0.1) is 5.56 Å². The van der Waals surface area contributed by atoms with Crippen molar-refractivity contribution >= 4 is 17.5 Å². The van der Waals surface area contributed by atoms with Crippen LogP contribution in [0.3, 0.4) is 0 Å². The second-order valence-corrected chi connectivity index (χ2v) is 12.1. The van der Waals surface area contributed by atoms with Crippen LogP contribution >= 0.6 is 11.6 Å². The number of amides is 1. The molecule has 3 atom stereocenters. The Morgan fingerprint density at radius 1 is 1.02 bits per heavy atom. The highest BCUT2D eigenvalue weighted by Gasteiger charge is 2.42. The number of benzene rings is 2. The zero-order chi connectivity index (χ0) is 29.6. The number of piperidine rings is 1. The lowest BCUT2D eigenvalue weighted by Crippen LogP contribution is -2.38. The Balaban J connectivity index is 1.08. The molecule has 0 bridgehead atoms. The molecule has 228 valence electrons. The Morgan fingerprint density at radius 2 is 1.74 bits per heavy atom. The summed E-state index contributed by atoms with van der Waals surface area (Å²) in [6.45, 7) is 2.42. The van der Waals surface area contributed by atoms with Crippen molar-refractivity contribution in [1.29, 1.82) is 0 Å². The van der Waals surface area contributed by atoms with E-state index in [1.165, 1.54) is 18.2 Å².